The highest BCUT2D eigenvalue weighted by atomic mass is 19.1. The van der Waals surface area contributed by atoms with Gasteiger partial charge < -0.3 is 24.8 Å². The first-order valence-electron chi connectivity index (χ1n) is 9.66. The van der Waals surface area contributed by atoms with E-state index in [1.807, 2.05) is 18.2 Å². The van der Waals surface area contributed by atoms with Crippen molar-refractivity contribution in [2.75, 3.05) is 45.0 Å². The maximum absolute atomic E-state index is 13.0. The lowest BCUT2D eigenvalue weighted by Crippen LogP contribution is -2.45. The van der Waals surface area contributed by atoms with Gasteiger partial charge in [0, 0.05) is 25.3 Å². The first-order valence-corrected chi connectivity index (χ1v) is 9.66. The predicted octanol–water partition coefficient (Wildman–Crippen LogP) is 1.68. The number of amides is 2. The second-order valence-electron chi connectivity index (χ2n) is 6.95. The van der Waals surface area contributed by atoms with E-state index in [2.05, 4.69) is 15.5 Å². The minimum absolute atomic E-state index is 0.161. The predicted molar refractivity (Wildman–Crippen MR) is 106 cm³/mol. The van der Waals surface area contributed by atoms with Crippen LogP contribution in [0.4, 0.5) is 10.1 Å². The molecule has 2 heterocycles. The van der Waals surface area contributed by atoms with Crippen molar-refractivity contribution in [1.29, 1.82) is 0 Å². The highest BCUT2D eigenvalue weighted by Crippen LogP contribution is 2.35. The summed E-state index contributed by atoms with van der Waals surface area (Å²) in [6.07, 6.45) is 0. The van der Waals surface area contributed by atoms with Gasteiger partial charge in [-0.3, -0.25) is 14.5 Å². The minimum atomic E-state index is -0.812. The standard InChI is InChI=1S/C21H22FN3O5/c22-15-2-4-16(5-3-15)24-21(27)20(26)23-12-17(25-7-9-28-10-8-25)14-1-6-18-19(11-14)30-13-29-18/h1-6,11,17H,7-10,12-13H2,(H,23,26)(H,24,27)/t17-/m1/s1. The molecule has 1 saturated heterocycles. The molecule has 2 aliphatic rings. The molecule has 0 aromatic heterocycles. The number of carbonyl (C=O) groups is 2. The van der Waals surface area contributed by atoms with Crippen LogP contribution in [0.1, 0.15) is 11.6 Å². The lowest BCUT2D eigenvalue weighted by molar-refractivity contribution is -0.136. The third kappa shape index (κ3) is 4.69. The average molecular weight is 415 g/mol. The van der Waals surface area contributed by atoms with Crippen LogP contribution in [0, 0.1) is 5.82 Å². The number of hydrogen-bond donors (Lipinski definition) is 2. The van der Waals surface area contributed by atoms with Gasteiger partial charge in [0.25, 0.3) is 0 Å². The number of fused-ring (bicyclic) bond motifs is 1. The van der Waals surface area contributed by atoms with Crippen molar-refractivity contribution in [3.05, 3.63) is 53.8 Å². The van der Waals surface area contributed by atoms with Gasteiger partial charge in [-0.25, -0.2) is 4.39 Å². The normalized spacial score (nSPS) is 16.7. The fourth-order valence-electron chi connectivity index (χ4n) is 3.46. The molecule has 0 saturated carbocycles. The largest absolute Gasteiger partial charge is 0.454 e. The summed E-state index contributed by atoms with van der Waals surface area (Å²) in [5, 5.41) is 5.16. The molecular weight excluding hydrogens is 393 g/mol. The maximum atomic E-state index is 13.0. The zero-order valence-corrected chi connectivity index (χ0v) is 16.2. The van der Waals surface area contributed by atoms with Gasteiger partial charge in [0.1, 0.15) is 5.82 Å². The van der Waals surface area contributed by atoms with Crippen LogP contribution in [0.5, 0.6) is 11.5 Å². The third-order valence-corrected chi connectivity index (χ3v) is 5.03. The van der Waals surface area contributed by atoms with Crippen molar-refractivity contribution in [2.45, 2.75) is 6.04 Å². The topological polar surface area (TPSA) is 89.1 Å². The second kappa shape index (κ2) is 9.10. The monoisotopic (exact) mass is 415 g/mol. The summed E-state index contributed by atoms with van der Waals surface area (Å²) in [5.74, 6) is -0.658. The molecule has 4 rings (SSSR count). The molecule has 0 unspecified atom stereocenters. The number of morpholine rings is 1. The smallest absolute Gasteiger partial charge is 0.313 e. The number of anilines is 1. The molecule has 158 valence electrons. The summed E-state index contributed by atoms with van der Waals surface area (Å²) in [5.41, 5.74) is 1.29. The van der Waals surface area contributed by atoms with Gasteiger partial charge in [0.05, 0.1) is 19.3 Å². The number of halogens is 1. The third-order valence-electron chi connectivity index (χ3n) is 5.03. The molecule has 1 fully saturated rings. The molecule has 0 spiro atoms. The van der Waals surface area contributed by atoms with Crippen molar-refractivity contribution in [1.82, 2.24) is 10.2 Å². The van der Waals surface area contributed by atoms with Crippen LogP contribution in [-0.2, 0) is 14.3 Å². The van der Waals surface area contributed by atoms with Crippen molar-refractivity contribution >= 4 is 17.5 Å². The lowest BCUT2D eigenvalue weighted by Gasteiger charge is -2.34. The van der Waals surface area contributed by atoms with E-state index in [-0.39, 0.29) is 19.4 Å². The maximum Gasteiger partial charge on any atom is 0.313 e. The number of carbonyl (C=O) groups excluding carboxylic acids is 2. The van der Waals surface area contributed by atoms with Crippen molar-refractivity contribution in [3.63, 3.8) is 0 Å². The first kappa shape index (κ1) is 20.1. The Hall–Kier alpha value is -3.17. The molecule has 2 amide bonds. The molecule has 1 atom stereocenters. The Morgan fingerprint density at radius 2 is 1.73 bits per heavy atom. The fourth-order valence-corrected chi connectivity index (χ4v) is 3.46. The summed E-state index contributed by atoms with van der Waals surface area (Å²) in [7, 11) is 0. The van der Waals surface area contributed by atoms with E-state index in [0.717, 1.165) is 5.56 Å². The molecule has 0 radical (unpaired) electrons. The van der Waals surface area contributed by atoms with Gasteiger partial charge in [-0.05, 0) is 42.0 Å². The van der Waals surface area contributed by atoms with E-state index in [4.69, 9.17) is 14.2 Å². The minimum Gasteiger partial charge on any atom is -0.454 e. The van der Waals surface area contributed by atoms with Crippen LogP contribution in [0.15, 0.2) is 42.5 Å². The lowest BCUT2D eigenvalue weighted by atomic mass is 10.0. The van der Waals surface area contributed by atoms with Gasteiger partial charge in [-0.15, -0.1) is 0 Å². The van der Waals surface area contributed by atoms with Gasteiger partial charge in [0.15, 0.2) is 11.5 Å². The quantitative estimate of drug-likeness (QED) is 0.723. The Balaban J connectivity index is 1.43. The zero-order valence-electron chi connectivity index (χ0n) is 16.2. The summed E-state index contributed by atoms with van der Waals surface area (Å²) in [6, 6.07) is 10.7. The van der Waals surface area contributed by atoms with Crippen LogP contribution < -0.4 is 20.1 Å². The van der Waals surface area contributed by atoms with E-state index in [1.165, 1.54) is 24.3 Å². The van der Waals surface area contributed by atoms with Crippen LogP contribution >= 0.6 is 0 Å². The van der Waals surface area contributed by atoms with Crippen molar-refractivity contribution in [2.24, 2.45) is 0 Å². The molecule has 2 aromatic rings. The van der Waals surface area contributed by atoms with Gasteiger partial charge in [-0.1, -0.05) is 6.07 Å². The Kier molecular flexibility index (Phi) is 6.10. The van der Waals surface area contributed by atoms with E-state index < -0.39 is 17.6 Å². The summed E-state index contributed by atoms with van der Waals surface area (Å²) < 4.78 is 29.3. The Bertz CT molecular complexity index is 915. The summed E-state index contributed by atoms with van der Waals surface area (Å²) >= 11 is 0. The Morgan fingerprint density at radius 3 is 2.50 bits per heavy atom. The first-order chi connectivity index (χ1) is 14.6. The average Bonchev–Trinajstić information content (AvgIpc) is 3.24. The number of nitrogens with zero attached hydrogens (tertiary/aromatic N) is 1. The Morgan fingerprint density at radius 1 is 1.00 bits per heavy atom. The molecule has 8 nitrogen and oxygen atoms in total. The van der Waals surface area contributed by atoms with Gasteiger partial charge in [0.2, 0.25) is 6.79 Å². The highest BCUT2D eigenvalue weighted by Gasteiger charge is 2.26. The molecular formula is C21H22FN3O5. The zero-order chi connectivity index (χ0) is 20.9. The molecule has 0 aliphatic carbocycles. The van der Waals surface area contributed by atoms with E-state index >= 15 is 0 Å². The number of rotatable bonds is 5. The van der Waals surface area contributed by atoms with Crippen LogP contribution in [-0.4, -0.2) is 56.4 Å². The highest BCUT2D eigenvalue weighted by molar-refractivity contribution is 6.39. The number of benzene rings is 2. The summed E-state index contributed by atoms with van der Waals surface area (Å²) in [4.78, 5) is 26.7. The summed E-state index contributed by atoms with van der Waals surface area (Å²) in [6.45, 7) is 3.02. The fraction of sp³-hybridized carbons (Fsp3) is 0.333. The number of nitrogens with one attached hydrogen (secondary N) is 2. The van der Waals surface area contributed by atoms with Gasteiger partial charge in [-0.2, -0.15) is 0 Å². The number of hydrogen-bond acceptors (Lipinski definition) is 6. The molecule has 0 bridgehead atoms. The molecule has 30 heavy (non-hydrogen) atoms. The van der Waals surface area contributed by atoms with Crippen LogP contribution in [0.25, 0.3) is 0 Å². The van der Waals surface area contributed by atoms with Gasteiger partial charge >= 0.3 is 11.8 Å². The molecule has 2 N–H and O–H groups in total. The Labute approximate surface area is 172 Å². The van der Waals surface area contributed by atoms with Crippen molar-refractivity contribution < 1.29 is 28.2 Å². The van der Waals surface area contributed by atoms with E-state index in [1.54, 1.807) is 0 Å². The van der Waals surface area contributed by atoms with E-state index in [0.29, 0.717) is 43.5 Å². The SMILES string of the molecule is O=C(NC[C@H](c1ccc2c(c1)OCO2)N1CCOCC1)C(=O)Nc1ccc(F)cc1. The molecule has 2 aromatic carbocycles. The van der Waals surface area contributed by atoms with Crippen molar-refractivity contribution in [3.8, 4) is 11.5 Å². The second-order valence-corrected chi connectivity index (χ2v) is 6.95. The molecule has 9 heteroatoms. The van der Waals surface area contributed by atoms with Crippen LogP contribution in [0.3, 0.4) is 0 Å². The van der Waals surface area contributed by atoms with E-state index in [9.17, 15) is 14.0 Å². The van der Waals surface area contributed by atoms with Crippen LogP contribution in [0.2, 0.25) is 0 Å². The molecule has 2 aliphatic heterocycles. The number of ether oxygens (including phenoxy) is 3.